The maximum Gasteiger partial charge on any atom is 0.286 e. The Kier molecular flexibility index (Phi) is 7.29. The molecule has 7 nitrogen and oxygen atoms in total. The molecule has 3 rings (SSSR count). The highest BCUT2D eigenvalue weighted by Crippen LogP contribution is 2.17. The van der Waals surface area contributed by atoms with Crippen LogP contribution in [0.1, 0.15) is 26.8 Å². The molecule has 0 bridgehead atoms. The minimum absolute atomic E-state index is 0.0645. The van der Waals surface area contributed by atoms with E-state index in [4.69, 9.17) is 4.74 Å². The zero-order valence-corrected chi connectivity index (χ0v) is 16.9. The number of nitrogens with zero attached hydrogens (tertiary/aromatic N) is 2. The van der Waals surface area contributed by atoms with Gasteiger partial charge in [-0.15, -0.1) is 10.2 Å². The third kappa shape index (κ3) is 6.11. The van der Waals surface area contributed by atoms with Crippen LogP contribution in [0.25, 0.3) is 0 Å². The minimum atomic E-state index is -0.304. The van der Waals surface area contributed by atoms with E-state index in [1.165, 1.54) is 11.3 Å². The molecular formula is C21H22N4O3S. The summed E-state index contributed by atoms with van der Waals surface area (Å²) in [5, 5.41) is 14.5. The summed E-state index contributed by atoms with van der Waals surface area (Å²) in [6, 6.07) is 16.9. The zero-order valence-electron chi connectivity index (χ0n) is 16.1. The van der Waals surface area contributed by atoms with E-state index in [1.807, 2.05) is 42.5 Å². The van der Waals surface area contributed by atoms with E-state index in [9.17, 15) is 9.59 Å². The summed E-state index contributed by atoms with van der Waals surface area (Å²) < 4.78 is 5.31. The Labute approximate surface area is 173 Å². The van der Waals surface area contributed by atoms with Gasteiger partial charge in [-0.25, -0.2) is 0 Å². The van der Waals surface area contributed by atoms with Crippen molar-refractivity contribution in [1.82, 2.24) is 15.5 Å². The Hall–Kier alpha value is -3.26. The molecule has 1 aromatic heterocycles. The van der Waals surface area contributed by atoms with Gasteiger partial charge < -0.3 is 15.4 Å². The first-order valence-electron chi connectivity index (χ1n) is 9.23. The van der Waals surface area contributed by atoms with Gasteiger partial charge in [0.15, 0.2) is 0 Å². The number of aryl methyl sites for hydroxylation is 1. The highest BCUT2D eigenvalue weighted by Gasteiger charge is 2.14. The highest BCUT2D eigenvalue weighted by atomic mass is 32.1. The van der Waals surface area contributed by atoms with Crippen molar-refractivity contribution in [3.63, 3.8) is 0 Å². The van der Waals surface area contributed by atoms with Crippen molar-refractivity contribution >= 4 is 28.8 Å². The van der Waals surface area contributed by atoms with Crippen LogP contribution in [0.3, 0.4) is 0 Å². The van der Waals surface area contributed by atoms with E-state index in [1.54, 1.807) is 19.2 Å². The van der Waals surface area contributed by atoms with Crippen LogP contribution >= 0.6 is 11.3 Å². The van der Waals surface area contributed by atoms with Crippen LogP contribution in [0.4, 0.5) is 5.69 Å². The molecule has 0 radical (unpaired) electrons. The Morgan fingerprint density at radius 3 is 2.55 bits per heavy atom. The topological polar surface area (TPSA) is 93.2 Å². The Morgan fingerprint density at radius 2 is 1.76 bits per heavy atom. The number of rotatable bonds is 9. The van der Waals surface area contributed by atoms with Crippen molar-refractivity contribution in [3.05, 3.63) is 70.2 Å². The van der Waals surface area contributed by atoms with Crippen molar-refractivity contribution < 1.29 is 14.3 Å². The first kappa shape index (κ1) is 20.5. The molecule has 0 unspecified atom stereocenters. The van der Waals surface area contributed by atoms with Gasteiger partial charge in [0, 0.05) is 25.1 Å². The van der Waals surface area contributed by atoms with Crippen molar-refractivity contribution in [2.24, 2.45) is 0 Å². The largest absolute Gasteiger partial charge is 0.496 e. The smallest absolute Gasteiger partial charge is 0.286 e. The van der Waals surface area contributed by atoms with Gasteiger partial charge in [0.2, 0.25) is 10.9 Å². The second-order valence-electron chi connectivity index (χ2n) is 6.23. The van der Waals surface area contributed by atoms with Crippen molar-refractivity contribution in [3.8, 4) is 5.75 Å². The molecule has 0 spiro atoms. The van der Waals surface area contributed by atoms with Gasteiger partial charge in [-0.2, -0.15) is 0 Å². The van der Waals surface area contributed by atoms with Gasteiger partial charge in [-0.1, -0.05) is 47.7 Å². The molecule has 0 fully saturated rings. The van der Waals surface area contributed by atoms with Gasteiger partial charge in [0.1, 0.15) is 10.8 Å². The fraction of sp³-hybridized carbons (Fsp3) is 0.238. The fourth-order valence-corrected chi connectivity index (χ4v) is 3.44. The van der Waals surface area contributed by atoms with E-state index in [0.717, 1.165) is 11.3 Å². The van der Waals surface area contributed by atoms with Crippen molar-refractivity contribution in [1.29, 1.82) is 0 Å². The predicted octanol–water partition coefficient (Wildman–Crippen LogP) is 3.09. The number of amides is 2. The van der Waals surface area contributed by atoms with E-state index in [-0.39, 0.29) is 16.8 Å². The van der Waals surface area contributed by atoms with Crippen LogP contribution in [0.5, 0.6) is 5.75 Å². The molecule has 0 aliphatic heterocycles. The summed E-state index contributed by atoms with van der Waals surface area (Å²) in [6.07, 6.45) is 1.43. The van der Waals surface area contributed by atoms with Crippen LogP contribution in [0, 0.1) is 0 Å². The number of methoxy groups -OCH3 is 1. The maximum atomic E-state index is 12.2. The lowest BCUT2D eigenvalue weighted by Gasteiger charge is -2.08. The Bertz CT molecular complexity index is 959. The molecule has 0 saturated heterocycles. The summed E-state index contributed by atoms with van der Waals surface area (Å²) in [6.45, 7) is 0.528. The van der Waals surface area contributed by atoms with E-state index < -0.39 is 0 Å². The quantitative estimate of drug-likeness (QED) is 0.565. The lowest BCUT2D eigenvalue weighted by atomic mass is 10.1. The normalized spacial score (nSPS) is 10.4. The number of carbonyl (C=O) groups excluding carboxylic acids is 2. The molecule has 0 aliphatic rings. The molecule has 3 aromatic rings. The van der Waals surface area contributed by atoms with Gasteiger partial charge in [-0.05, 0) is 30.2 Å². The predicted molar refractivity (Wildman–Crippen MR) is 112 cm³/mol. The van der Waals surface area contributed by atoms with Gasteiger partial charge in [-0.3, -0.25) is 9.59 Å². The van der Waals surface area contributed by atoms with Gasteiger partial charge in [0.25, 0.3) is 5.91 Å². The maximum absolute atomic E-state index is 12.2. The second kappa shape index (κ2) is 10.3. The van der Waals surface area contributed by atoms with E-state index in [0.29, 0.717) is 36.5 Å². The Balaban J connectivity index is 1.42. The summed E-state index contributed by atoms with van der Waals surface area (Å²) >= 11 is 1.20. The van der Waals surface area contributed by atoms with Crippen LogP contribution in [-0.2, 0) is 17.6 Å². The number of aromatic nitrogens is 2. The molecule has 150 valence electrons. The fourth-order valence-electron chi connectivity index (χ4n) is 2.71. The van der Waals surface area contributed by atoms with E-state index in [2.05, 4.69) is 20.8 Å². The van der Waals surface area contributed by atoms with Crippen LogP contribution in [-0.4, -0.2) is 35.7 Å². The number of carbonyl (C=O) groups is 2. The van der Waals surface area contributed by atoms with E-state index >= 15 is 0 Å². The van der Waals surface area contributed by atoms with Crippen LogP contribution < -0.4 is 15.4 Å². The van der Waals surface area contributed by atoms with Crippen LogP contribution in [0.15, 0.2) is 54.6 Å². The molecule has 29 heavy (non-hydrogen) atoms. The number of hydrogen-bond acceptors (Lipinski definition) is 6. The number of ether oxygens (including phenoxy) is 1. The molecule has 8 heteroatoms. The zero-order chi connectivity index (χ0) is 20.5. The lowest BCUT2D eigenvalue weighted by molar-refractivity contribution is -0.121. The number of benzene rings is 2. The summed E-state index contributed by atoms with van der Waals surface area (Å²) in [7, 11) is 1.63. The summed E-state index contributed by atoms with van der Waals surface area (Å²) in [5.74, 6) is 0.448. The first-order valence-corrected chi connectivity index (χ1v) is 10.0. The number of hydrogen-bond donors (Lipinski definition) is 2. The lowest BCUT2D eigenvalue weighted by Crippen LogP contribution is -2.26. The molecule has 2 amide bonds. The third-order valence-electron chi connectivity index (χ3n) is 4.17. The molecule has 0 saturated carbocycles. The average molecular weight is 410 g/mol. The Morgan fingerprint density at radius 1 is 1.00 bits per heavy atom. The molecule has 2 aromatic carbocycles. The first-order chi connectivity index (χ1) is 14.2. The third-order valence-corrected chi connectivity index (χ3v) is 5.15. The number of nitrogens with one attached hydrogen (secondary N) is 2. The SMILES string of the molecule is COc1ccccc1CCNC(=O)CCc1nnc(C(=O)Nc2ccccc2)s1. The number of para-hydroxylation sites is 2. The number of anilines is 1. The van der Waals surface area contributed by atoms with Crippen LogP contribution in [0.2, 0.25) is 0 Å². The monoisotopic (exact) mass is 410 g/mol. The molecule has 0 aliphatic carbocycles. The summed E-state index contributed by atoms with van der Waals surface area (Å²) in [5.41, 5.74) is 1.75. The summed E-state index contributed by atoms with van der Waals surface area (Å²) in [4.78, 5) is 24.3. The minimum Gasteiger partial charge on any atom is -0.496 e. The molecule has 0 atom stereocenters. The van der Waals surface area contributed by atoms with Gasteiger partial charge in [0.05, 0.1) is 7.11 Å². The van der Waals surface area contributed by atoms with Gasteiger partial charge >= 0.3 is 0 Å². The standard InChI is InChI=1S/C21H22N4O3S/c1-28-17-10-6-5-7-15(17)13-14-22-18(26)11-12-19-24-25-21(29-19)20(27)23-16-8-3-2-4-9-16/h2-10H,11-14H2,1H3,(H,22,26)(H,23,27). The van der Waals surface area contributed by atoms with Crippen molar-refractivity contribution in [2.45, 2.75) is 19.3 Å². The second-order valence-corrected chi connectivity index (χ2v) is 7.29. The average Bonchev–Trinajstić information content (AvgIpc) is 3.23. The highest BCUT2D eigenvalue weighted by molar-refractivity contribution is 7.13. The molecular weight excluding hydrogens is 388 g/mol. The molecule has 1 heterocycles. The molecule has 2 N–H and O–H groups in total. The van der Waals surface area contributed by atoms with Crippen molar-refractivity contribution in [2.75, 3.05) is 19.0 Å².